The molecular weight excluding hydrogens is 1130 g/mol. The lowest BCUT2D eigenvalue weighted by molar-refractivity contribution is -0.870. The smallest absolute Gasteiger partial charge is 0.306 e. The van der Waals surface area contributed by atoms with Crippen LogP contribution in [0.25, 0.3) is 0 Å². The van der Waals surface area contributed by atoms with Gasteiger partial charge in [0.1, 0.15) is 19.8 Å². The molecule has 10 heteroatoms. The predicted octanol–water partition coefficient (Wildman–Crippen LogP) is 24.6. The molecule has 0 radical (unpaired) electrons. The largest absolute Gasteiger partial charge is 0.756 e. The Bertz CT molecular complexity index is 1800. The Morgan fingerprint density at radius 1 is 0.356 bits per heavy atom. The van der Waals surface area contributed by atoms with Crippen LogP contribution in [0.2, 0.25) is 0 Å². The van der Waals surface area contributed by atoms with E-state index in [4.69, 9.17) is 18.5 Å². The number of unbranched alkanes of at least 4 members (excludes halogenated alkanes) is 43. The molecule has 0 bridgehead atoms. The van der Waals surface area contributed by atoms with Crippen molar-refractivity contribution in [3.8, 4) is 0 Å². The molecule has 0 aromatic carbocycles. The third kappa shape index (κ3) is 74.2. The van der Waals surface area contributed by atoms with Crippen molar-refractivity contribution >= 4 is 19.8 Å². The summed E-state index contributed by atoms with van der Waals surface area (Å²) in [7, 11) is 1.18. The monoisotopic (exact) mass is 1280 g/mol. The first-order chi connectivity index (χ1) is 44.0. The van der Waals surface area contributed by atoms with E-state index < -0.39 is 26.5 Å². The van der Waals surface area contributed by atoms with Crippen LogP contribution >= 0.6 is 7.82 Å². The maximum atomic E-state index is 12.9. The average molecular weight is 1280 g/mol. The highest BCUT2D eigenvalue weighted by atomic mass is 31.2. The fourth-order valence-electron chi connectivity index (χ4n) is 11.1. The summed E-state index contributed by atoms with van der Waals surface area (Å²) in [4.78, 5) is 38.1. The number of nitrogens with zero attached hydrogens (tertiary/aromatic N) is 1. The van der Waals surface area contributed by atoms with Crippen molar-refractivity contribution in [2.45, 2.75) is 367 Å². The van der Waals surface area contributed by atoms with E-state index in [0.29, 0.717) is 17.4 Å². The van der Waals surface area contributed by atoms with Crippen LogP contribution in [0, 0.1) is 0 Å². The number of likely N-dealkylation sites (N-methyl/N-ethyl adjacent to an activating group) is 1. The number of hydrogen-bond donors (Lipinski definition) is 0. The molecular formula is C80H146NO8P. The lowest BCUT2D eigenvalue weighted by atomic mass is 10.0. The van der Waals surface area contributed by atoms with Crippen LogP contribution in [0.3, 0.4) is 0 Å². The van der Waals surface area contributed by atoms with Gasteiger partial charge in [0.25, 0.3) is 7.82 Å². The molecule has 2 atom stereocenters. The summed E-state index contributed by atoms with van der Waals surface area (Å²) in [6.07, 6.45) is 96.9. The molecule has 0 aromatic heterocycles. The first-order valence-electron chi connectivity index (χ1n) is 38.3. The minimum Gasteiger partial charge on any atom is -0.756 e. The van der Waals surface area contributed by atoms with Gasteiger partial charge in [0.15, 0.2) is 6.10 Å². The molecule has 0 aliphatic rings. The Kier molecular flexibility index (Phi) is 68.3. The number of allylic oxidation sites excluding steroid dienone is 14. The summed E-state index contributed by atoms with van der Waals surface area (Å²) < 4.78 is 34.4. The van der Waals surface area contributed by atoms with E-state index in [1.807, 2.05) is 21.1 Å². The number of ether oxygens (including phenoxy) is 2. The van der Waals surface area contributed by atoms with Crippen molar-refractivity contribution in [3.63, 3.8) is 0 Å². The second kappa shape index (κ2) is 70.5. The summed E-state index contributed by atoms with van der Waals surface area (Å²) in [5.41, 5.74) is 0. The van der Waals surface area contributed by atoms with Gasteiger partial charge in [0, 0.05) is 12.8 Å². The molecule has 0 saturated heterocycles. The maximum Gasteiger partial charge on any atom is 0.306 e. The molecule has 9 nitrogen and oxygen atoms in total. The van der Waals surface area contributed by atoms with E-state index in [0.717, 1.165) is 77.0 Å². The highest BCUT2D eigenvalue weighted by Crippen LogP contribution is 2.38. The third-order valence-electron chi connectivity index (χ3n) is 16.9. The van der Waals surface area contributed by atoms with Crippen LogP contribution in [-0.2, 0) is 32.7 Å². The molecule has 0 aromatic rings. The molecule has 90 heavy (non-hydrogen) atoms. The van der Waals surface area contributed by atoms with Gasteiger partial charge < -0.3 is 27.9 Å². The fraction of sp³-hybridized carbons (Fsp3) is 0.800. The Labute approximate surface area is 558 Å². The molecule has 0 saturated carbocycles. The number of hydrogen-bond acceptors (Lipinski definition) is 8. The normalized spacial score (nSPS) is 13.5. The molecule has 0 amide bonds. The van der Waals surface area contributed by atoms with Gasteiger partial charge in [-0.25, -0.2) is 0 Å². The van der Waals surface area contributed by atoms with Gasteiger partial charge in [-0.1, -0.05) is 343 Å². The number of quaternary nitrogens is 1. The topological polar surface area (TPSA) is 111 Å². The van der Waals surface area contributed by atoms with Crippen molar-refractivity contribution in [2.24, 2.45) is 0 Å². The lowest BCUT2D eigenvalue weighted by Crippen LogP contribution is -2.37. The van der Waals surface area contributed by atoms with Crippen molar-refractivity contribution < 1.29 is 42.1 Å². The molecule has 524 valence electrons. The lowest BCUT2D eigenvalue weighted by Gasteiger charge is -2.28. The van der Waals surface area contributed by atoms with E-state index in [-0.39, 0.29) is 32.0 Å². The minimum atomic E-state index is -4.64. The summed E-state index contributed by atoms with van der Waals surface area (Å²) >= 11 is 0. The van der Waals surface area contributed by atoms with E-state index in [1.165, 1.54) is 250 Å². The zero-order chi connectivity index (χ0) is 65.5. The minimum absolute atomic E-state index is 0.0304. The van der Waals surface area contributed by atoms with Crippen molar-refractivity contribution in [3.05, 3.63) is 85.1 Å². The van der Waals surface area contributed by atoms with Gasteiger partial charge in [-0.3, -0.25) is 14.2 Å². The summed E-state index contributed by atoms with van der Waals surface area (Å²) in [5.74, 6) is -0.816. The number of esters is 2. The number of phosphoric ester groups is 1. The molecule has 0 fully saturated rings. The molecule has 0 spiro atoms. The van der Waals surface area contributed by atoms with Gasteiger partial charge in [0.05, 0.1) is 27.7 Å². The van der Waals surface area contributed by atoms with E-state index >= 15 is 0 Å². The zero-order valence-corrected chi connectivity index (χ0v) is 60.7. The van der Waals surface area contributed by atoms with E-state index in [9.17, 15) is 19.0 Å². The predicted molar refractivity (Wildman–Crippen MR) is 388 cm³/mol. The summed E-state index contributed by atoms with van der Waals surface area (Å²) in [6, 6.07) is 0. The number of rotatable bonds is 71. The standard InChI is InChI=1S/C80H146NO8P/c1-6-8-10-12-14-16-18-20-22-24-26-28-30-32-34-36-37-38-39-40-41-42-43-45-47-49-51-53-55-57-59-61-63-65-67-69-71-73-80(83)89-78(77-88-90(84,85)87-75-74-81(3,4)5)76-86-79(82)72-70-68-66-64-62-60-58-56-54-52-50-48-46-44-35-33-31-29-27-25-23-21-19-17-15-13-11-9-7-2/h8,10,14,16,20,22,25-28,32,34,37-38,78H,6-7,9,11-13,15,17-19,21,23-24,29-31,33,35-36,39-77H2,1-5H3/b10-8-,16-14-,22-20-,27-25-,28-26-,34-32-,38-37-. The van der Waals surface area contributed by atoms with Crippen molar-refractivity contribution in [1.29, 1.82) is 0 Å². The molecule has 0 rings (SSSR count). The second-order valence-electron chi connectivity index (χ2n) is 27.0. The van der Waals surface area contributed by atoms with Gasteiger partial charge in [-0.2, -0.15) is 0 Å². The molecule has 0 N–H and O–H groups in total. The molecule has 0 heterocycles. The molecule has 0 aliphatic carbocycles. The van der Waals surface area contributed by atoms with Crippen LogP contribution < -0.4 is 4.89 Å². The number of carbonyl (C=O) groups is 2. The highest BCUT2D eigenvalue weighted by Gasteiger charge is 2.22. The van der Waals surface area contributed by atoms with Crippen LogP contribution in [-0.4, -0.2) is 70.0 Å². The third-order valence-corrected chi connectivity index (χ3v) is 17.9. The van der Waals surface area contributed by atoms with Crippen molar-refractivity contribution in [1.82, 2.24) is 0 Å². The van der Waals surface area contributed by atoms with Gasteiger partial charge in [-0.05, 0) is 89.9 Å². The fourth-order valence-corrected chi connectivity index (χ4v) is 11.8. The average Bonchev–Trinajstić information content (AvgIpc) is 3.58. The van der Waals surface area contributed by atoms with Crippen LogP contribution in [0.5, 0.6) is 0 Å². The quantitative estimate of drug-likeness (QED) is 0.0195. The van der Waals surface area contributed by atoms with Crippen molar-refractivity contribution in [2.75, 3.05) is 47.5 Å². The van der Waals surface area contributed by atoms with Crippen LogP contribution in [0.15, 0.2) is 85.1 Å². The van der Waals surface area contributed by atoms with E-state index in [2.05, 4.69) is 98.9 Å². The highest BCUT2D eigenvalue weighted by molar-refractivity contribution is 7.45. The Balaban J connectivity index is 3.97. The maximum absolute atomic E-state index is 12.9. The number of carbonyl (C=O) groups excluding carboxylic acids is 2. The number of phosphoric acid groups is 1. The Hall–Kier alpha value is -2.81. The van der Waals surface area contributed by atoms with Gasteiger partial charge >= 0.3 is 11.9 Å². The van der Waals surface area contributed by atoms with Crippen LogP contribution in [0.4, 0.5) is 0 Å². The molecule has 0 aliphatic heterocycles. The Morgan fingerprint density at radius 2 is 0.633 bits per heavy atom. The van der Waals surface area contributed by atoms with Crippen LogP contribution in [0.1, 0.15) is 361 Å². The summed E-state index contributed by atoms with van der Waals surface area (Å²) in [5, 5.41) is 0. The molecule has 2 unspecified atom stereocenters. The van der Waals surface area contributed by atoms with Gasteiger partial charge in [0.2, 0.25) is 0 Å². The Morgan fingerprint density at radius 3 is 0.956 bits per heavy atom. The second-order valence-corrected chi connectivity index (χ2v) is 28.4. The zero-order valence-electron chi connectivity index (χ0n) is 59.8. The summed E-state index contributed by atoms with van der Waals surface area (Å²) in [6.45, 7) is 4.18. The first kappa shape index (κ1) is 87.2. The SMILES string of the molecule is CC/C=C\C/C=C\C/C=C\C/C=C\C/C=C\C/C=C\CCCCCCCCCCCCCCCCCCCCC(=O)OC(COC(=O)CCCCCCCCCCCCCCCCCCC/C=C\CCCCCCCCCC)COP(=O)([O-])OCC[N+](C)(C)C. The van der Waals surface area contributed by atoms with Gasteiger partial charge in [-0.15, -0.1) is 0 Å². The first-order valence-corrected chi connectivity index (χ1v) is 39.8. The van der Waals surface area contributed by atoms with E-state index in [1.54, 1.807) is 0 Å².